The monoisotopic (exact) mass is 355 g/mol. The van der Waals surface area contributed by atoms with Crippen LogP contribution in [0, 0.1) is 5.82 Å². The summed E-state index contributed by atoms with van der Waals surface area (Å²) in [7, 11) is -3.87. The van der Waals surface area contributed by atoms with Gasteiger partial charge < -0.3 is 5.32 Å². The lowest BCUT2D eigenvalue weighted by molar-refractivity contribution is 0.271. The van der Waals surface area contributed by atoms with E-state index in [1.54, 1.807) is 18.2 Å². The fourth-order valence-corrected chi connectivity index (χ4v) is 4.50. The molecule has 8 heteroatoms. The first kappa shape index (κ1) is 16.3. The van der Waals surface area contributed by atoms with E-state index in [0.29, 0.717) is 23.7 Å². The predicted molar refractivity (Wildman–Crippen MR) is 85.1 cm³/mol. The molecule has 1 fully saturated rings. The van der Waals surface area contributed by atoms with Crippen molar-refractivity contribution in [3.8, 4) is 0 Å². The molecule has 3 rings (SSSR count). The van der Waals surface area contributed by atoms with Crippen LogP contribution in [0.1, 0.15) is 11.6 Å². The number of hydrogen-bond acceptors (Lipinski definition) is 4. The molecule has 1 N–H and O–H groups in total. The van der Waals surface area contributed by atoms with Crippen LogP contribution >= 0.6 is 11.6 Å². The Bertz CT molecular complexity index is 816. The van der Waals surface area contributed by atoms with E-state index in [1.807, 2.05) is 6.07 Å². The van der Waals surface area contributed by atoms with Crippen molar-refractivity contribution >= 4 is 21.6 Å². The van der Waals surface area contributed by atoms with Gasteiger partial charge in [-0.15, -0.1) is 0 Å². The summed E-state index contributed by atoms with van der Waals surface area (Å²) in [5, 5.41) is 3.67. The molecule has 1 unspecified atom stereocenters. The van der Waals surface area contributed by atoms with E-state index in [4.69, 9.17) is 11.6 Å². The minimum Gasteiger partial charge on any atom is -0.313 e. The van der Waals surface area contributed by atoms with Crippen LogP contribution in [0.5, 0.6) is 0 Å². The third-order valence-corrected chi connectivity index (χ3v) is 5.96. The molecule has 1 aliphatic rings. The van der Waals surface area contributed by atoms with Gasteiger partial charge in [0.15, 0.2) is 0 Å². The highest BCUT2D eigenvalue weighted by molar-refractivity contribution is 7.89. The summed E-state index contributed by atoms with van der Waals surface area (Å²) in [4.78, 5) is 3.48. The lowest BCUT2D eigenvalue weighted by atomic mass is 10.1. The molecule has 0 bridgehead atoms. The van der Waals surface area contributed by atoms with Crippen molar-refractivity contribution in [3.05, 3.63) is 59.1 Å². The number of nitrogens with zero attached hydrogens (tertiary/aromatic N) is 2. The first-order valence-corrected chi connectivity index (χ1v) is 8.89. The zero-order valence-electron chi connectivity index (χ0n) is 12.1. The van der Waals surface area contributed by atoms with Gasteiger partial charge in [-0.25, -0.2) is 12.8 Å². The van der Waals surface area contributed by atoms with Crippen LogP contribution in [0.2, 0.25) is 5.02 Å². The number of hydrogen-bond donors (Lipinski definition) is 1. The standard InChI is InChI=1S/C15H15ClFN3O2S/c16-14-4-2-1-3-13(14)15-10-18-5-6-20(15)23(21,22)12-7-11(17)8-19-9-12/h1-4,7-9,15,18H,5-6,10H2. The van der Waals surface area contributed by atoms with Gasteiger partial charge in [0.05, 0.1) is 12.2 Å². The maximum absolute atomic E-state index is 13.4. The Labute approximate surface area is 139 Å². The van der Waals surface area contributed by atoms with Gasteiger partial charge in [0.1, 0.15) is 10.7 Å². The number of pyridine rings is 1. The summed E-state index contributed by atoms with van der Waals surface area (Å²) in [6.45, 7) is 1.23. The molecule has 0 aliphatic carbocycles. The Kier molecular flexibility index (Phi) is 4.63. The van der Waals surface area contributed by atoms with Gasteiger partial charge >= 0.3 is 0 Å². The van der Waals surface area contributed by atoms with Gasteiger partial charge in [-0.3, -0.25) is 4.98 Å². The second-order valence-corrected chi connectivity index (χ2v) is 7.49. The second kappa shape index (κ2) is 6.52. The van der Waals surface area contributed by atoms with Crippen molar-refractivity contribution in [2.45, 2.75) is 10.9 Å². The maximum atomic E-state index is 13.4. The minimum absolute atomic E-state index is 0.156. The number of halogens is 2. The van der Waals surface area contributed by atoms with Crippen molar-refractivity contribution in [1.82, 2.24) is 14.6 Å². The predicted octanol–water partition coefficient (Wildman–Crippen LogP) is 2.21. The number of nitrogens with one attached hydrogen (secondary N) is 1. The third-order valence-electron chi connectivity index (χ3n) is 3.74. The summed E-state index contributed by atoms with van der Waals surface area (Å²) in [6, 6.07) is 7.65. The van der Waals surface area contributed by atoms with Crippen LogP contribution in [-0.2, 0) is 10.0 Å². The van der Waals surface area contributed by atoms with E-state index in [0.717, 1.165) is 18.5 Å². The third kappa shape index (κ3) is 3.23. The summed E-state index contributed by atoms with van der Waals surface area (Å²) in [5.74, 6) is -0.685. The van der Waals surface area contributed by atoms with Crippen molar-refractivity contribution in [1.29, 1.82) is 0 Å². The van der Waals surface area contributed by atoms with E-state index in [1.165, 1.54) is 4.31 Å². The normalized spacial score (nSPS) is 19.7. The molecule has 5 nitrogen and oxygen atoms in total. The fourth-order valence-electron chi connectivity index (χ4n) is 2.65. The van der Waals surface area contributed by atoms with Gasteiger partial charge in [-0.2, -0.15) is 4.31 Å². The first-order chi connectivity index (χ1) is 11.0. The summed E-state index contributed by atoms with van der Waals surface area (Å²) in [6.07, 6.45) is 2.13. The van der Waals surface area contributed by atoms with E-state index in [-0.39, 0.29) is 11.4 Å². The molecule has 0 amide bonds. The Hall–Kier alpha value is -1.54. The molecule has 2 heterocycles. The number of piperazine rings is 1. The summed E-state index contributed by atoms with van der Waals surface area (Å²) >= 11 is 6.22. The van der Waals surface area contributed by atoms with Crippen LogP contribution in [-0.4, -0.2) is 37.3 Å². The summed E-state index contributed by atoms with van der Waals surface area (Å²) < 4.78 is 40.5. The fraction of sp³-hybridized carbons (Fsp3) is 0.267. The lowest BCUT2D eigenvalue weighted by Crippen LogP contribution is -2.48. The molecule has 1 aromatic carbocycles. The largest absolute Gasteiger partial charge is 0.313 e. The van der Waals surface area contributed by atoms with Gasteiger partial charge in [0.2, 0.25) is 10.0 Å². The molecule has 0 radical (unpaired) electrons. The van der Waals surface area contributed by atoms with Crippen molar-refractivity contribution in [2.75, 3.05) is 19.6 Å². The Morgan fingerprint density at radius 2 is 2.09 bits per heavy atom. The van der Waals surface area contributed by atoms with Crippen molar-refractivity contribution < 1.29 is 12.8 Å². The molecule has 1 atom stereocenters. The molecule has 122 valence electrons. The van der Waals surface area contributed by atoms with Gasteiger partial charge in [0.25, 0.3) is 0 Å². The van der Waals surface area contributed by atoms with E-state index < -0.39 is 21.9 Å². The van der Waals surface area contributed by atoms with Crippen molar-refractivity contribution in [3.63, 3.8) is 0 Å². The molecule has 2 aromatic rings. The highest BCUT2D eigenvalue weighted by atomic mass is 35.5. The zero-order valence-corrected chi connectivity index (χ0v) is 13.7. The van der Waals surface area contributed by atoms with Crippen LogP contribution in [0.25, 0.3) is 0 Å². The molecule has 0 spiro atoms. The van der Waals surface area contributed by atoms with Crippen LogP contribution < -0.4 is 5.32 Å². The van der Waals surface area contributed by atoms with E-state index in [9.17, 15) is 12.8 Å². The second-order valence-electron chi connectivity index (χ2n) is 5.20. The minimum atomic E-state index is -3.87. The molecule has 23 heavy (non-hydrogen) atoms. The first-order valence-electron chi connectivity index (χ1n) is 7.07. The number of aromatic nitrogens is 1. The smallest absolute Gasteiger partial charge is 0.245 e. The lowest BCUT2D eigenvalue weighted by Gasteiger charge is -2.35. The number of sulfonamides is 1. The quantitative estimate of drug-likeness (QED) is 0.917. The van der Waals surface area contributed by atoms with E-state index >= 15 is 0 Å². The Balaban J connectivity index is 2.03. The molecule has 1 saturated heterocycles. The molecule has 1 aromatic heterocycles. The highest BCUT2D eigenvalue weighted by Crippen LogP contribution is 2.32. The zero-order chi connectivity index (χ0) is 16.4. The van der Waals surface area contributed by atoms with E-state index in [2.05, 4.69) is 10.3 Å². The topological polar surface area (TPSA) is 62.3 Å². The highest BCUT2D eigenvalue weighted by Gasteiger charge is 2.35. The van der Waals surface area contributed by atoms with Gasteiger partial charge in [-0.05, 0) is 17.7 Å². The van der Waals surface area contributed by atoms with Crippen LogP contribution in [0.4, 0.5) is 4.39 Å². The van der Waals surface area contributed by atoms with Crippen molar-refractivity contribution in [2.24, 2.45) is 0 Å². The number of benzene rings is 1. The Morgan fingerprint density at radius 3 is 2.83 bits per heavy atom. The summed E-state index contributed by atoms with van der Waals surface area (Å²) in [5.41, 5.74) is 0.717. The van der Waals surface area contributed by atoms with Gasteiger partial charge in [-0.1, -0.05) is 29.8 Å². The average molecular weight is 356 g/mol. The van der Waals surface area contributed by atoms with Crippen LogP contribution in [0.3, 0.4) is 0 Å². The molecule has 0 saturated carbocycles. The Morgan fingerprint density at radius 1 is 1.30 bits per heavy atom. The molecular weight excluding hydrogens is 341 g/mol. The average Bonchev–Trinajstić information content (AvgIpc) is 2.55. The van der Waals surface area contributed by atoms with Gasteiger partial charge in [0, 0.05) is 30.9 Å². The maximum Gasteiger partial charge on any atom is 0.245 e. The molecular formula is C15H15ClFN3O2S. The van der Waals surface area contributed by atoms with Crippen LogP contribution in [0.15, 0.2) is 47.6 Å². The molecule has 1 aliphatic heterocycles. The number of rotatable bonds is 3. The SMILES string of the molecule is O=S(=O)(c1cncc(F)c1)N1CCNCC1c1ccccc1Cl.